The lowest BCUT2D eigenvalue weighted by Crippen LogP contribution is -2.50. The Morgan fingerprint density at radius 2 is 0.644 bits per heavy atom. The largest absolute Gasteiger partial charge is 0.309 e. The van der Waals surface area contributed by atoms with Crippen LogP contribution in [0.25, 0.3) is 82.5 Å². The molecule has 2 saturated heterocycles. The van der Waals surface area contributed by atoms with Crippen molar-refractivity contribution in [2.45, 2.75) is 0 Å². The van der Waals surface area contributed by atoms with Crippen molar-refractivity contribution in [2.24, 2.45) is 23.7 Å². The predicted molar refractivity (Wildman–Crippen MR) is 229 cm³/mol. The minimum atomic E-state index is -0.937. The van der Waals surface area contributed by atoms with E-state index < -0.39 is 47.3 Å². The smallest absolute Gasteiger partial charge is 0.238 e. The molecule has 9 nitrogen and oxygen atoms in total. The van der Waals surface area contributed by atoms with Crippen LogP contribution in [0.2, 0.25) is 0 Å². The van der Waals surface area contributed by atoms with Crippen LogP contribution in [0.3, 0.4) is 0 Å². The molecule has 0 spiro atoms. The fourth-order valence-electron chi connectivity index (χ4n) is 10.8. The lowest BCUT2D eigenvalue weighted by molar-refractivity contribution is -0.146. The molecule has 5 heterocycles. The maximum Gasteiger partial charge on any atom is 0.238 e. The number of carbonyl (C=O) groups is 4. The number of anilines is 1. The Kier molecular flexibility index (Phi) is 6.26. The highest BCUT2D eigenvalue weighted by molar-refractivity contribution is 6.29. The standard InChI is InChI=1S/C50H31N5O4/c56-47-42-43(48(57)51-47)45-44(42)49(58)55(50(45)59)46-40(53-36-21-9-3-15-30(36)31-16-4-10-22-37(31)53)25-27(52-34-19-7-1-13-28(34)29-14-2-8-20-35(29)52)26-41(46)54-38-23-11-5-17-32(38)33-18-6-12-24-39(33)54/h1-26,42-45H,(H,51,56,57). The molecule has 3 fully saturated rings. The van der Waals surface area contributed by atoms with Crippen LogP contribution in [-0.2, 0) is 19.2 Å². The summed E-state index contributed by atoms with van der Waals surface area (Å²) in [5.74, 6) is -5.55. The molecular weight excluding hydrogens is 735 g/mol. The number of para-hydroxylation sites is 6. The molecule has 0 bridgehead atoms. The lowest BCUT2D eigenvalue weighted by atomic mass is 9.59. The van der Waals surface area contributed by atoms with Crippen molar-refractivity contribution in [3.05, 3.63) is 158 Å². The fourth-order valence-corrected chi connectivity index (χ4v) is 10.8. The quantitative estimate of drug-likeness (QED) is 0.181. The summed E-state index contributed by atoms with van der Waals surface area (Å²) < 4.78 is 6.58. The number of imide groups is 2. The molecule has 0 radical (unpaired) electrons. The summed E-state index contributed by atoms with van der Waals surface area (Å²) in [6.07, 6.45) is 0. The van der Waals surface area contributed by atoms with Crippen LogP contribution in [0.15, 0.2) is 158 Å². The van der Waals surface area contributed by atoms with Gasteiger partial charge in [-0.1, -0.05) is 109 Å². The van der Waals surface area contributed by atoms with Crippen LogP contribution in [0.4, 0.5) is 5.69 Å². The highest BCUT2D eigenvalue weighted by atomic mass is 16.2. The van der Waals surface area contributed by atoms with Crippen LogP contribution in [0.1, 0.15) is 0 Å². The molecule has 280 valence electrons. The molecule has 13 rings (SSSR count). The maximum absolute atomic E-state index is 15.1. The lowest BCUT2D eigenvalue weighted by Gasteiger charge is -2.36. The summed E-state index contributed by atoms with van der Waals surface area (Å²) >= 11 is 0. The molecule has 4 unspecified atom stereocenters. The van der Waals surface area contributed by atoms with Gasteiger partial charge >= 0.3 is 0 Å². The molecule has 1 saturated carbocycles. The predicted octanol–water partition coefficient (Wildman–Crippen LogP) is 8.99. The van der Waals surface area contributed by atoms with E-state index in [-0.39, 0.29) is 0 Å². The van der Waals surface area contributed by atoms with Crippen LogP contribution in [-0.4, -0.2) is 37.3 Å². The number of aromatic nitrogens is 3. The Hall–Kier alpha value is -7.78. The number of amides is 4. The topological polar surface area (TPSA) is 98.3 Å². The number of benzene rings is 7. The van der Waals surface area contributed by atoms with Crippen LogP contribution in [0.5, 0.6) is 0 Å². The molecule has 9 heteroatoms. The molecule has 3 aliphatic rings. The molecule has 3 aromatic heterocycles. The number of nitrogens with zero attached hydrogens (tertiary/aromatic N) is 4. The number of hydrogen-bond donors (Lipinski definition) is 1. The average molecular weight is 766 g/mol. The van der Waals surface area contributed by atoms with E-state index in [1.54, 1.807) is 0 Å². The second-order valence-corrected chi connectivity index (χ2v) is 15.9. The van der Waals surface area contributed by atoms with E-state index >= 15 is 9.59 Å². The number of nitrogens with one attached hydrogen (secondary N) is 1. The Labute approximate surface area is 335 Å². The number of hydrogen-bond acceptors (Lipinski definition) is 4. The monoisotopic (exact) mass is 765 g/mol. The Bertz CT molecular complexity index is 3240. The fraction of sp³-hybridized carbons (Fsp3) is 0.0800. The van der Waals surface area contributed by atoms with Gasteiger partial charge in [-0.3, -0.25) is 24.5 Å². The summed E-state index contributed by atoms with van der Waals surface area (Å²) in [6, 6.07) is 53.6. The van der Waals surface area contributed by atoms with E-state index in [0.29, 0.717) is 17.1 Å². The highest BCUT2D eigenvalue weighted by Crippen LogP contribution is 2.57. The van der Waals surface area contributed by atoms with Gasteiger partial charge in [0.15, 0.2) is 0 Å². The van der Waals surface area contributed by atoms with Crippen LogP contribution in [0, 0.1) is 23.7 Å². The Morgan fingerprint density at radius 3 is 0.966 bits per heavy atom. The number of carbonyl (C=O) groups excluding carboxylic acids is 4. The average Bonchev–Trinajstić information content (AvgIpc) is 3.99. The van der Waals surface area contributed by atoms with Gasteiger partial charge in [-0.2, -0.15) is 0 Å². The SMILES string of the molecule is O=C1NC(=O)C2C1C1C(=O)N(c3c(-n4c5ccccc5c5ccccc54)cc(-n4c5ccccc5c5ccccc54)cc3-n3c4ccccc4c4ccccc43)C(=O)C21. The third-order valence-corrected chi connectivity index (χ3v) is 13.2. The van der Waals surface area contributed by atoms with Gasteiger partial charge in [-0.15, -0.1) is 0 Å². The molecular formula is C50H31N5O4. The normalized spacial score (nSPS) is 20.1. The molecule has 4 amide bonds. The summed E-state index contributed by atoms with van der Waals surface area (Å²) in [6.45, 7) is 0. The van der Waals surface area contributed by atoms with Gasteiger partial charge in [-0.05, 0) is 48.5 Å². The van der Waals surface area contributed by atoms with E-state index in [1.165, 1.54) is 4.90 Å². The van der Waals surface area contributed by atoms with Crippen molar-refractivity contribution < 1.29 is 19.2 Å². The van der Waals surface area contributed by atoms with E-state index in [1.807, 2.05) is 60.7 Å². The molecule has 10 aromatic rings. The van der Waals surface area contributed by atoms with E-state index in [9.17, 15) is 9.59 Å². The second-order valence-electron chi connectivity index (χ2n) is 15.9. The minimum Gasteiger partial charge on any atom is -0.309 e. The van der Waals surface area contributed by atoms with E-state index in [0.717, 1.165) is 71.1 Å². The Balaban J connectivity index is 1.23. The van der Waals surface area contributed by atoms with E-state index in [4.69, 9.17) is 0 Å². The number of fused-ring (bicyclic) bond motifs is 13. The molecule has 1 aliphatic carbocycles. The summed E-state index contributed by atoms with van der Waals surface area (Å²) in [5, 5.41) is 8.66. The van der Waals surface area contributed by atoms with Gasteiger partial charge in [0.2, 0.25) is 23.6 Å². The molecule has 4 atom stereocenters. The first-order chi connectivity index (χ1) is 29.0. The van der Waals surface area contributed by atoms with Crippen molar-refractivity contribution in [3.8, 4) is 17.1 Å². The van der Waals surface area contributed by atoms with Gasteiger partial charge in [-0.25, -0.2) is 4.90 Å². The second kappa shape index (κ2) is 11.4. The van der Waals surface area contributed by atoms with Gasteiger partial charge < -0.3 is 13.7 Å². The van der Waals surface area contributed by atoms with Gasteiger partial charge in [0.25, 0.3) is 0 Å². The van der Waals surface area contributed by atoms with Crippen molar-refractivity contribution >= 4 is 94.7 Å². The zero-order chi connectivity index (χ0) is 39.3. The van der Waals surface area contributed by atoms with Gasteiger partial charge in [0, 0.05) is 32.3 Å². The van der Waals surface area contributed by atoms with Crippen LogP contribution >= 0.6 is 0 Å². The maximum atomic E-state index is 15.1. The highest BCUT2D eigenvalue weighted by Gasteiger charge is 2.72. The van der Waals surface area contributed by atoms with Crippen molar-refractivity contribution in [1.82, 2.24) is 19.0 Å². The van der Waals surface area contributed by atoms with Gasteiger partial charge in [0.1, 0.15) is 0 Å². The molecule has 1 N–H and O–H groups in total. The van der Waals surface area contributed by atoms with Crippen molar-refractivity contribution in [2.75, 3.05) is 4.90 Å². The van der Waals surface area contributed by atoms with Gasteiger partial charge in [0.05, 0.1) is 79.5 Å². The van der Waals surface area contributed by atoms with Crippen LogP contribution < -0.4 is 10.2 Å². The molecule has 2 aliphatic heterocycles. The molecule has 59 heavy (non-hydrogen) atoms. The Morgan fingerprint density at radius 1 is 0.356 bits per heavy atom. The van der Waals surface area contributed by atoms with Crippen molar-refractivity contribution in [3.63, 3.8) is 0 Å². The summed E-state index contributed by atoms with van der Waals surface area (Å²) in [7, 11) is 0. The first-order valence-corrected chi connectivity index (χ1v) is 19.9. The third kappa shape index (κ3) is 4.03. The van der Waals surface area contributed by atoms with E-state index in [2.05, 4.69) is 116 Å². The number of rotatable bonds is 4. The zero-order valence-corrected chi connectivity index (χ0v) is 31.2. The summed E-state index contributed by atoms with van der Waals surface area (Å²) in [4.78, 5) is 57.8. The first-order valence-electron chi connectivity index (χ1n) is 19.9. The molecule has 7 aromatic carbocycles. The van der Waals surface area contributed by atoms with Crippen molar-refractivity contribution in [1.29, 1.82) is 0 Å². The first kappa shape index (κ1) is 32.3. The minimum absolute atomic E-state index is 0.392. The third-order valence-electron chi connectivity index (χ3n) is 13.2. The summed E-state index contributed by atoms with van der Waals surface area (Å²) in [5.41, 5.74) is 8.05. The zero-order valence-electron chi connectivity index (χ0n) is 31.2.